The van der Waals surface area contributed by atoms with Gasteiger partial charge in [0.1, 0.15) is 0 Å². The normalized spacial score (nSPS) is 20.3. The van der Waals surface area contributed by atoms with Crippen molar-refractivity contribution in [3.63, 3.8) is 0 Å². The average molecular weight is 311 g/mol. The number of piperidine rings is 1. The molecule has 21 heavy (non-hydrogen) atoms. The second-order valence-electron chi connectivity index (χ2n) is 5.55. The molecule has 0 radical (unpaired) electrons. The summed E-state index contributed by atoms with van der Waals surface area (Å²) in [5.74, 6) is 0.892. The monoisotopic (exact) mass is 311 g/mol. The summed E-state index contributed by atoms with van der Waals surface area (Å²) in [5, 5.41) is 7.30. The SMILES string of the molecule is CSCC[C@H](N)C(=O)NC1CCCN(c2cnn(C)c2)C1. The molecule has 2 atom stereocenters. The molecule has 1 aromatic rings. The summed E-state index contributed by atoms with van der Waals surface area (Å²) in [4.78, 5) is 14.4. The third-order valence-electron chi connectivity index (χ3n) is 3.79. The van der Waals surface area contributed by atoms with Gasteiger partial charge in [0.2, 0.25) is 5.91 Å². The molecule has 7 heteroatoms. The molecule has 0 aliphatic carbocycles. The summed E-state index contributed by atoms with van der Waals surface area (Å²) in [6.07, 6.45) is 8.71. The number of rotatable bonds is 6. The summed E-state index contributed by atoms with van der Waals surface area (Å²) in [6.45, 7) is 1.84. The molecule has 0 aromatic carbocycles. The van der Waals surface area contributed by atoms with E-state index in [1.165, 1.54) is 0 Å². The Kier molecular flexibility index (Phi) is 5.93. The highest BCUT2D eigenvalue weighted by atomic mass is 32.2. The van der Waals surface area contributed by atoms with E-state index >= 15 is 0 Å². The van der Waals surface area contributed by atoms with E-state index in [-0.39, 0.29) is 11.9 Å². The lowest BCUT2D eigenvalue weighted by Gasteiger charge is -2.34. The van der Waals surface area contributed by atoms with Crippen LogP contribution in [0.15, 0.2) is 12.4 Å². The fourth-order valence-corrected chi connectivity index (χ4v) is 3.07. The Hall–Kier alpha value is -1.21. The molecule has 1 fully saturated rings. The van der Waals surface area contributed by atoms with E-state index in [2.05, 4.69) is 15.3 Å². The summed E-state index contributed by atoms with van der Waals surface area (Å²) in [7, 11) is 1.91. The number of nitrogens with one attached hydrogen (secondary N) is 1. The molecule has 118 valence electrons. The van der Waals surface area contributed by atoms with Crippen LogP contribution in [0.1, 0.15) is 19.3 Å². The van der Waals surface area contributed by atoms with Crippen LogP contribution in [-0.2, 0) is 11.8 Å². The third kappa shape index (κ3) is 4.64. The van der Waals surface area contributed by atoms with E-state index in [1.807, 2.05) is 25.7 Å². The standard InChI is InChI=1S/C14H25N5OS/c1-18-10-12(8-16-18)19-6-3-4-11(9-19)17-14(20)13(15)5-7-21-2/h8,10-11,13H,3-7,9,15H2,1-2H3,(H,17,20)/t11?,13-/m0/s1. The van der Waals surface area contributed by atoms with Crippen LogP contribution in [0.3, 0.4) is 0 Å². The van der Waals surface area contributed by atoms with Crippen molar-refractivity contribution in [1.29, 1.82) is 0 Å². The number of amides is 1. The zero-order valence-electron chi connectivity index (χ0n) is 12.8. The molecule has 2 heterocycles. The molecule has 6 nitrogen and oxygen atoms in total. The summed E-state index contributed by atoms with van der Waals surface area (Å²) in [5.41, 5.74) is 7.03. The zero-order valence-corrected chi connectivity index (χ0v) is 13.6. The van der Waals surface area contributed by atoms with Crippen molar-refractivity contribution in [2.45, 2.75) is 31.3 Å². The van der Waals surface area contributed by atoms with Crippen molar-refractivity contribution in [3.8, 4) is 0 Å². The second-order valence-corrected chi connectivity index (χ2v) is 6.54. The smallest absolute Gasteiger partial charge is 0.237 e. The van der Waals surface area contributed by atoms with Gasteiger partial charge in [0.25, 0.3) is 0 Å². The molecule has 0 bridgehead atoms. The highest BCUT2D eigenvalue weighted by molar-refractivity contribution is 7.98. The van der Waals surface area contributed by atoms with Gasteiger partial charge < -0.3 is 16.0 Å². The van der Waals surface area contributed by atoms with E-state index in [0.717, 1.165) is 43.8 Å². The number of carbonyl (C=O) groups excluding carboxylic acids is 1. The maximum absolute atomic E-state index is 12.1. The lowest BCUT2D eigenvalue weighted by Crippen LogP contribution is -2.52. The van der Waals surface area contributed by atoms with Gasteiger partial charge in [-0.15, -0.1) is 0 Å². The maximum Gasteiger partial charge on any atom is 0.237 e. The molecular formula is C14H25N5OS. The Labute approximate surface area is 130 Å². The molecule has 0 saturated carbocycles. The van der Waals surface area contributed by atoms with Crippen LogP contribution in [0, 0.1) is 0 Å². The second kappa shape index (κ2) is 7.70. The van der Waals surface area contributed by atoms with Crippen molar-refractivity contribution in [2.24, 2.45) is 12.8 Å². The van der Waals surface area contributed by atoms with E-state index in [0.29, 0.717) is 0 Å². The molecular weight excluding hydrogens is 286 g/mol. The first kappa shape index (κ1) is 16.2. The quantitative estimate of drug-likeness (QED) is 0.804. The predicted molar refractivity (Wildman–Crippen MR) is 87.6 cm³/mol. The van der Waals surface area contributed by atoms with E-state index in [9.17, 15) is 4.79 Å². The first-order valence-electron chi connectivity index (χ1n) is 7.38. The van der Waals surface area contributed by atoms with Gasteiger partial charge in [0, 0.05) is 32.4 Å². The first-order chi connectivity index (χ1) is 10.1. The van der Waals surface area contributed by atoms with Gasteiger partial charge in [-0.25, -0.2) is 0 Å². The van der Waals surface area contributed by atoms with Crippen LogP contribution in [0.2, 0.25) is 0 Å². The maximum atomic E-state index is 12.1. The van der Waals surface area contributed by atoms with Gasteiger partial charge in [-0.05, 0) is 31.3 Å². The molecule has 1 amide bonds. The van der Waals surface area contributed by atoms with Gasteiger partial charge in [-0.2, -0.15) is 16.9 Å². The van der Waals surface area contributed by atoms with Crippen LogP contribution in [0.4, 0.5) is 5.69 Å². The largest absolute Gasteiger partial charge is 0.367 e. The predicted octanol–water partition coefficient (Wildman–Crippen LogP) is 0.586. The minimum absolute atomic E-state index is 0.0258. The molecule has 1 aliphatic rings. The van der Waals surface area contributed by atoms with Crippen molar-refractivity contribution in [3.05, 3.63) is 12.4 Å². The van der Waals surface area contributed by atoms with E-state index < -0.39 is 6.04 Å². The number of hydrogen-bond acceptors (Lipinski definition) is 5. The van der Waals surface area contributed by atoms with E-state index in [1.54, 1.807) is 16.4 Å². The highest BCUT2D eigenvalue weighted by Crippen LogP contribution is 2.19. The minimum Gasteiger partial charge on any atom is -0.367 e. The fraction of sp³-hybridized carbons (Fsp3) is 0.714. The number of thioether (sulfide) groups is 1. The number of aromatic nitrogens is 2. The Balaban J connectivity index is 1.85. The Morgan fingerprint density at radius 1 is 1.67 bits per heavy atom. The number of anilines is 1. The molecule has 0 spiro atoms. The number of hydrogen-bond donors (Lipinski definition) is 2. The van der Waals surface area contributed by atoms with Gasteiger partial charge in [0.15, 0.2) is 0 Å². The third-order valence-corrected chi connectivity index (χ3v) is 4.44. The minimum atomic E-state index is -0.397. The van der Waals surface area contributed by atoms with Crippen molar-refractivity contribution >= 4 is 23.4 Å². The van der Waals surface area contributed by atoms with Crippen LogP contribution < -0.4 is 16.0 Å². The van der Waals surface area contributed by atoms with Crippen molar-refractivity contribution < 1.29 is 4.79 Å². The number of nitrogens with zero attached hydrogens (tertiary/aromatic N) is 3. The first-order valence-corrected chi connectivity index (χ1v) is 8.78. The van der Waals surface area contributed by atoms with Gasteiger partial charge in [-0.3, -0.25) is 9.48 Å². The fourth-order valence-electron chi connectivity index (χ4n) is 2.59. The van der Waals surface area contributed by atoms with Crippen LogP contribution >= 0.6 is 11.8 Å². The Morgan fingerprint density at radius 3 is 3.14 bits per heavy atom. The number of nitrogens with two attached hydrogens (primary N) is 1. The molecule has 1 saturated heterocycles. The summed E-state index contributed by atoms with van der Waals surface area (Å²) >= 11 is 1.72. The number of carbonyl (C=O) groups is 1. The molecule has 1 aromatic heterocycles. The van der Waals surface area contributed by atoms with Crippen LogP contribution in [0.25, 0.3) is 0 Å². The molecule has 1 unspecified atom stereocenters. The Bertz CT molecular complexity index is 464. The van der Waals surface area contributed by atoms with Crippen LogP contribution in [0.5, 0.6) is 0 Å². The molecule has 1 aliphatic heterocycles. The number of aryl methyl sites for hydroxylation is 1. The van der Waals surface area contributed by atoms with Crippen molar-refractivity contribution in [2.75, 3.05) is 30.0 Å². The average Bonchev–Trinajstić information content (AvgIpc) is 2.91. The molecule has 3 N–H and O–H groups in total. The molecule has 2 rings (SSSR count). The highest BCUT2D eigenvalue weighted by Gasteiger charge is 2.24. The lowest BCUT2D eigenvalue weighted by atomic mass is 10.0. The summed E-state index contributed by atoms with van der Waals surface area (Å²) in [6, 6.07) is -0.224. The van der Waals surface area contributed by atoms with Gasteiger partial charge >= 0.3 is 0 Å². The lowest BCUT2D eigenvalue weighted by molar-refractivity contribution is -0.123. The van der Waals surface area contributed by atoms with Gasteiger partial charge in [-0.1, -0.05) is 0 Å². The summed E-state index contributed by atoms with van der Waals surface area (Å²) < 4.78 is 1.80. The van der Waals surface area contributed by atoms with Gasteiger partial charge in [0.05, 0.1) is 17.9 Å². The van der Waals surface area contributed by atoms with E-state index in [4.69, 9.17) is 5.73 Å². The Morgan fingerprint density at radius 2 is 2.48 bits per heavy atom. The zero-order chi connectivity index (χ0) is 15.2. The topological polar surface area (TPSA) is 76.2 Å². The van der Waals surface area contributed by atoms with Crippen LogP contribution in [-0.4, -0.2) is 52.9 Å². The van der Waals surface area contributed by atoms with Crippen molar-refractivity contribution in [1.82, 2.24) is 15.1 Å².